The number of thioether (sulfide) groups is 1. The first kappa shape index (κ1) is 22.2. The summed E-state index contributed by atoms with van der Waals surface area (Å²) in [6.07, 6.45) is 2.88. The van der Waals surface area contributed by atoms with E-state index >= 15 is 0 Å². The Bertz CT molecular complexity index is 1380. The number of hydrogen-bond acceptors (Lipinski definition) is 7. The Balaban J connectivity index is 1.34. The average molecular weight is 474 g/mol. The van der Waals surface area contributed by atoms with Crippen molar-refractivity contribution < 1.29 is 9.72 Å². The molecule has 0 unspecified atom stereocenters. The summed E-state index contributed by atoms with van der Waals surface area (Å²) in [5.74, 6) is 1.69. The van der Waals surface area contributed by atoms with Gasteiger partial charge in [-0.2, -0.15) is 4.98 Å². The monoisotopic (exact) mass is 473 g/mol. The number of benzene rings is 2. The predicted octanol–water partition coefficient (Wildman–Crippen LogP) is 5.36. The van der Waals surface area contributed by atoms with Crippen molar-refractivity contribution in [3.05, 3.63) is 92.8 Å². The van der Waals surface area contributed by atoms with E-state index in [1.807, 2.05) is 0 Å². The van der Waals surface area contributed by atoms with Crippen LogP contribution in [0.15, 0.2) is 59.9 Å². The van der Waals surface area contributed by atoms with Gasteiger partial charge < -0.3 is 0 Å². The smallest absolute Gasteiger partial charge is 0.269 e. The van der Waals surface area contributed by atoms with E-state index in [2.05, 4.69) is 53.2 Å². The molecular weight excluding hydrogens is 450 g/mol. The van der Waals surface area contributed by atoms with Crippen molar-refractivity contribution in [2.45, 2.75) is 49.4 Å². The fourth-order valence-corrected chi connectivity index (χ4v) is 4.96. The molecule has 0 saturated heterocycles. The van der Waals surface area contributed by atoms with Gasteiger partial charge >= 0.3 is 0 Å². The lowest BCUT2D eigenvalue weighted by molar-refractivity contribution is -0.384. The molecule has 9 heteroatoms. The molecule has 2 aromatic carbocycles. The molecule has 0 spiro atoms. The number of aromatic nitrogens is 4. The van der Waals surface area contributed by atoms with Crippen molar-refractivity contribution in [3.63, 3.8) is 0 Å². The molecule has 2 heterocycles. The molecular formula is C25H23N5O3S. The highest BCUT2D eigenvalue weighted by Crippen LogP contribution is 2.33. The number of rotatable bonds is 6. The first-order chi connectivity index (χ1) is 16.4. The van der Waals surface area contributed by atoms with Gasteiger partial charge in [0.1, 0.15) is 0 Å². The number of non-ortho nitro benzene ring substituents is 1. The van der Waals surface area contributed by atoms with E-state index in [0.29, 0.717) is 41.0 Å². The van der Waals surface area contributed by atoms with Gasteiger partial charge in [0.2, 0.25) is 5.16 Å². The number of carbonyl (C=O) groups excluding carboxylic acids is 1. The minimum Gasteiger partial charge on any atom is -0.294 e. The molecule has 1 atom stereocenters. The fourth-order valence-electron chi connectivity index (χ4n) is 4.18. The molecule has 0 amide bonds. The lowest BCUT2D eigenvalue weighted by atomic mass is 9.81. The molecule has 1 aliphatic carbocycles. The Morgan fingerprint density at radius 3 is 2.50 bits per heavy atom. The van der Waals surface area contributed by atoms with Crippen LogP contribution in [0.1, 0.15) is 64.8 Å². The van der Waals surface area contributed by atoms with Gasteiger partial charge in [-0.25, -0.2) is 9.50 Å². The molecule has 5 rings (SSSR count). The minimum atomic E-state index is -0.416. The zero-order valence-electron chi connectivity index (χ0n) is 18.8. The summed E-state index contributed by atoms with van der Waals surface area (Å²) in [7, 11) is 0. The Morgan fingerprint density at radius 1 is 1.09 bits per heavy atom. The fraction of sp³-hybridized carbons (Fsp3) is 0.280. The third-order valence-electron chi connectivity index (χ3n) is 6.15. The average Bonchev–Trinajstić information content (AvgIpc) is 3.23. The van der Waals surface area contributed by atoms with Crippen molar-refractivity contribution in [3.8, 4) is 0 Å². The Hall–Kier alpha value is -3.59. The number of fused-ring (bicyclic) bond motifs is 2. The van der Waals surface area contributed by atoms with Crippen molar-refractivity contribution in [2.24, 2.45) is 0 Å². The van der Waals surface area contributed by atoms with Crippen molar-refractivity contribution >= 4 is 29.0 Å². The molecule has 0 bridgehead atoms. The summed E-state index contributed by atoms with van der Waals surface area (Å²) in [6, 6.07) is 15.0. The lowest BCUT2D eigenvalue weighted by Gasteiger charge is -2.23. The molecule has 0 fully saturated rings. The van der Waals surface area contributed by atoms with E-state index in [0.717, 1.165) is 16.8 Å². The van der Waals surface area contributed by atoms with E-state index in [4.69, 9.17) is 0 Å². The second kappa shape index (κ2) is 8.98. The zero-order chi connectivity index (χ0) is 23.8. The largest absolute Gasteiger partial charge is 0.294 e. The quantitative estimate of drug-likeness (QED) is 0.211. The van der Waals surface area contributed by atoms with Crippen LogP contribution < -0.4 is 0 Å². The second-order valence-electron chi connectivity index (χ2n) is 8.80. The van der Waals surface area contributed by atoms with Crippen LogP contribution in [0.3, 0.4) is 0 Å². The van der Waals surface area contributed by atoms with E-state index < -0.39 is 4.92 Å². The summed E-state index contributed by atoms with van der Waals surface area (Å²) in [5, 5.41) is 15.8. The number of hydrogen-bond donors (Lipinski definition) is 0. The lowest BCUT2D eigenvalue weighted by Crippen LogP contribution is -2.21. The number of nitrogens with zero attached hydrogens (tertiary/aromatic N) is 5. The summed E-state index contributed by atoms with van der Waals surface area (Å²) < 4.78 is 1.56. The van der Waals surface area contributed by atoms with E-state index in [1.54, 1.807) is 22.8 Å². The Kier molecular flexibility index (Phi) is 5.87. The van der Waals surface area contributed by atoms with Crippen LogP contribution >= 0.6 is 11.8 Å². The maximum absolute atomic E-state index is 12.9. The molecule has 34 heavy (non-hydrogen) atoms. The van der Waals surface area contributed by atoms with Gasteiger partial charge in [0.25, 0.3) is 11.5 Å². The van der Waals surface area contributed by atoms with Crippen LogP contribution in [0, 0.1) is 10.1 Å². The van der Waals surface area contributed by atoms with E-state index in [9.17, 15) is 14.9 Å². The van der Waals surface area contributed by atoms with E-state index in [1.165, 1.54) is 29.5 Å². The van der Waals surface area contributed by atoms with Gasteiger partial charge in [-0.15, -0.1) is 5.10 Å². The van der Waals surface area contributed by atoms with Gasteiger partial charge in [0.05, 0.1) is 16.2 Å². The van der Waals surface area contributed by atoms with Gasteiger partial charge in [-0.05, 0) is 34.9 Å². The van der Waals surface area contributed by atoms with Crippen LogP contribution in [0.2, 0.25) is 0 Å². The molecule has 0 aliphatic heterocycles. The van der Waals surface area contributed by atoms with Crippen LogP contribution in [0.5, 0.6) is 0 Å². The molecule has 8 nitrogen and oxygen atoms in total. The highest BCUT2D eigenvalue weighted by atomic mass is 32.2. The van der Waals surface area contributed by atoms with Crippen molar-refractivity contribution in [1.29, 1.82) is 0 Å². The van der Waals surface area contributed by atoms with Crippen LogP contribution in [-0.4, -0.2) is 30.3 Å². The number of carbonyl (C=O) groups is 1. The molecule has 2 aromatic heterocycles. The van der Waals surface area contributed by atoms with Gasteiger partial charge in [-0.1, -0.05) is 62.0 Å². The van der Waals surface area contributed by atoms with Crippen LogP contribution in [0.4, 0.5) is 5.69 Å². The third kappa shape index (κ3) is 4.43. The molecule has 0 saturated carbocycles. The number of nitro benzene ring substituents is 1. The molecule has 4 aromatic rings. The van der Waals surface area contributed by atoms with Crippen LogP contribution in [-0.2, 0) is 12.2 Å². The minimum absolute atomic E-state index is 0.0632. The SMILES string of the molecule is CC(C)c1ccc([C@H]2CC(=O)c3cn4nc(SCc5ccc([N+](=O)[O-])cc5)nc4nc3C2)cc1. The van der Waals surface area contributed by atoms with E-state index in [-0.39, 0.29) is 17.4 Å². The molecule has 0 N–H and O–H groups in total. The summed E-state index contributed by atoms with van der Waals surface area (Å²) in [5.41, 5.74) is 4.82. The van der Waals surface area contributed by atoms with Gasteiger partial charge in [0.15, 0.2) is 5.78 Å². The third-order valence-corrected chi connectivity index (χ3v) is 7.06. The first-order valence-corrected chi connectivity index (χ1v) is 12.1. The number of Topliss-reactive ketones (excluding diaryl/α,β-unsaturated/α-hetero) is 1. The second-order valence-corrected chi connectivity index (χ2v) is 9.74. The maximum atomic E-state index is 12.9. The predicted molar refractivity (Wildman–Crippen MR) is 129 cm³/mol. The zero-order valence-corrected chi connectivity index (χ0v) is 19.7. The Labute approximate surface area is 200 Å². The molecule has 0 radical (unpaired) electrons. The van der Waals surface area contributed by atoms with Gasteiger partial charge in [-0.3, -0.25) is 14.9 Å². The first-order valence-electron chi connectivity index (χ1n) is 11.1. The molecule has 1 aliphatic rings. The van der Waals surface area contributed by atoms with Crippen LogP contribution in [0.25, 0.3) is 5.78 Å². The van der Waals surface area contributed by atoms with Crippen molar-refractivity contribution in [2.75, 3.05) is 0 Å². The maximum Gasteiger partial charge on any atom is 0.269 e. The normalized spacial score (nSPS) is 15.6. The summed E-state index contributed by atoms with van der Waals surface area (Å²) in [6.45, 7) is 4.34. The highest BCUT2D eigenvalue weighted by molar-refractivity contribution is 7.98. The molecule has 172 valence electrons. The summed E-state index contributed by atoms with van der Waals surface area (Å²) in [4.78, 5) is 32.5. The topological polar surface area (TPSA) is 103 Å². The number of nitro groups is 1. The highest BCUT2D eigenvalue weighted by Gasteiger charge is 2.28. The summed E-state index contributed by atoms with van der Waals surface area (Å²) >= 11 is 1.42. The van der Waals surface area contributed by atoms with Crippen molar-refractivity contribution in [1.82, 2.24) is 19.6 Å². The Morgan fingerprint density at radius 2 is 1.82 bits per heavy atom. The number of ketones is 1. The standard InChI is InChI=1S/C25H23N5O3S/c1-15(2)17-5-7-18(8-6-17)19-11-22-21(23(31)12-19)13-29-24(26-22)27-25(28-29)34-14-16-3-9-20(10-4-16)30(32)33/h3-10,13,15,19H,11-12,14H2,1-2H3/t19-/m1/s1. The van der Waals surface area contributed by atoms with Gasteiger partial charge in [0, 0.05) is 30.5 Å².